The summed E-state index contributed by atoms with van der Waals surface area (Å²) in [6.45, 7) is 2.62. The number of nitrogens with zero attached hydrogens (tertiary/aromatic N) is 3. The van der Waals surface area contributed by atoms with Crippen molar-refractivity contribution in [2.75, 3.05) is 12.3 Å². The smallest absolute Gasteiger partial charge is 0.241 e. The molecule has 3 aromatic rings. The van der Waals surface area contributed by atoms with Gasteiger partial charge in [-0.3, -0.25) is 0 Å². The van der Waals surface area contributed by atoms with Crippen LogP contribution in [0.5, 0.6) is 0 Å². The Labute approximate surface area is 190 Å². The van der Waals surface area contributed by atoms with Crippen molar-refractivity contribution in [3.05, 3.63) is 41.2 Å². The zero-order valence-corrected chi connectivity index (χ0v) is 19.3. The maximum atomic E-state index is 13.1. The third kappa shape index (κ3) is 3.42. The predicted octanol–water partition coefficient (Wildman–Crippen LogP) is 2.82. The second-order valence-electron chi connectivity index (χ2n) is 9.17. The first-order valence-electron chi connectivity index (χ1n) is 10.8. The van der Waals surface area contributed by atoms with Crippen LogP contribution in [-0.2, 0) is 10.0 Å². The molecule has 4 aliphatic rings. The van der Waals surface area contributed by atoms with E-state index in [0.29, 0.717) is 35.7 Å². The Morgan fingerprint density at radius 2 is 2.03 bits per heavy atom. The van der Waals surface area contributed by atoms with E-state index in [9.17, 15) is 8.42 Å². The Hall–Kier alpha value is -2.40. The fourth-order valence-electron chi connectivity index (χ4n) is 4.65. The molecule has 2 saturated carbocycles. The Kier molecular flexibility index (Phi) is 4.45. The van der Waals surface area contributed by atoms with Gasteiger partial charge in [0.1, 0.15) is 5.69 Å². The number of nitrogens with one attached hydrogen (secondary N) is 2. The lowest BCUT2D eigenvalue weighted by atomic mass is 9.79. The maximum Gasteiger partial charge on any atom is 0.241 e. The van der Waals surface area contributed by atoms with E-state index in [2.05, 4.69) is 20.0 Å². The summed E-state index contributed by atoms with van der Waals surface area (Å²) in [6, 6.07) is 5.57. The van der Waals surface area contributed by atoms with Crippen molar-refractivity contribution < 1.29 is 8.42 Å². The normalized spacial score (nSPS) is 24.5. The van der Waals surface area contributed by atoms with Crippen molar-refractivity contribution >= 4 is 27.2 Å². The molecule has 7 rings (SSSR count). The van der Waals surface area contributed by atoms with Crippen molar-refractivity contribution in [3.8, 4) is 21.8 Å². The van der Waals surface area contributed by atoms with Gasteiger partial charge in [0.05, 0.1) is 26.7 Å². The molecule has 2 bridgehead atoms. The molecule has 10 heteroatoms. The first-order valence-corrected chi connectivity index (χ1v) is 13.1. The highest BCUT2D eigenvalue weighted by atomic mass is 32.2. The number of hydrogen-bond acceptors (Lipinski definition) is 8. The van der Waals surface area contributed by atoms with Crippen molar-refractivity contribution in [2.45, 2.75) is 55.0 Å². The molecule has 0 atom stereocenters. The van der Waals surface area contributed by atoms with E-state index < -0.39 is 10.0 Å². The van der Waals surface area contributed by atoms with Gasteiger partial charge >= 0.3 is 0 Å². The number of fused-ring (bicyclic) bond motifs is 1. The van der Waals surface area contributed by atoms with Crippen molar-refractivity contribution in [1.29, 1.82) is 0 Å². The van der Waals surface area contributed by atoms with Gasteiger partial charge in [0, 0.05) is 35.8 Å². The van der Waals surface area contributed by atoms with Gasteiger partial charge in [-0.15, -0.1) is 11.3 Å². The molecular weight excluding hydrogens is 444 g/mol. The minimum atomic E-state index is -3.65. The van der Waals surface area contributed by atoms with Crippen LogP contribution in [0.4, 0.5) is 5.82 Å². The van der Waals surface area contributed by atoms with Crippen LogP contribution in [0.2, 0.25) is 0 Å². The summed E-state index contributed by atoms with van der Waals surface area (Å²) < 4.78 is 29.2. The number of benzene rings is 1. The van der Waals surface area contributed by atoms with Gasteiger partial charge in [0.25, 0.3) is 0 Å². The second-order valence-corrected chi connectivity index (χ2v) is 11.9. The molecule has 2 aliphatic heterocycles. The summed E-state index contributed by atoms with van der Waals surface area (Å²) in [4.78, 5) is 14.8. The van der Waals surface area contributed by atoms with Gasteiger partial charge in [-0.25, -0.2) is 28.1 Å². The number of hydrogen-bond donors (Lipinski definition) is 3. The highest BCUT2D eigenvalue weighted by Crippen LogP contribution is 2.44. The summed E-state index contributed by atoms with van der Waals surface area (Å²) in [5.41, 5.74) is 8.61. The topological polar surface area (TPSA) is 123 Å². The van der Waals surface area contributed by atoms with E-state index in [1.54, 1.807) is 35.9 Å². The van der Waals surface area contributed by atoms with Crippen molar-refractivity contribution in [1.82, 2.24) is 25.0 Å². The molecule has 0 unspecified atom stereocenters. The molecule has 2 aliphatic carbocycles. The Morgan fingerprint density at radius 1 is 1.22 bits per heavy atom. The number of anilines is 1. The fraction of sp³-hybridized carbons (Fsp3) is 0.409. The standard InChI is InChI=1S/C22H24N6O2S2/c1-12-2-5-15(32(29,30)28-22-7-14(8-22)26-11-22)6-16(12)17-9-24-20(23)19(27-17)18-10-25-21(31-18)13-3-4-13/h2,5-6,9-10,13-14,26,28H,3-4,7-8,11H2,1H3,(H2,23,24). The number of aromatic nitrogens is 3. The maximum absolute atomic E-state index is 13.1. The molecule has 4 fully saturated rings. The number of nitrogens with two attached hydrogens (primary N) is 1. The van der Waals surface area contributed by atoms with E-state index in [1.165, 1.54) is 12.8 Å². The zero-order chi connectivity index (χ0) is 22.1. The average molecular weight is 469 g/mol. The van der Waals surface area contributed by atoms with Crippen LogP contribution >= 0.6 is 11.3 Å². The summed E-state index contributed by atoms with van der Waals surface area (Å²) in [7, 11) is -3.65. The summed E-state index contributed by atoms with van der Waals surface area (Å²) >= 11 is 1.60. The van der Waals surface area contributed by atoms with Crippen LogP contribution in [0.1, 0.15) is 42.2 Å². The van der Waals surface area contributed by atoms with Gasteiger partial charge in [-0.2, -0.15) is 0 Å². The van der Waals surface area contributed by atoms with Gasteiger partial charge in [-0.05, 0) is 50.3 Å². The zero-order valence-electron chi connectivity index (χ0n) is 17.6. The van der Waals surface area contributed by atoms with Crippen LogP contribution < -0.4 is 15.8 Å². The average Bonchev–Trinajstić information content (AvgIpc) is 3.15. The number of nitrogen functional groups attached to an aromatic ring is 1. The first kappa shape index (κ1) is 20.2. The van der Waals surface area contributed by atoms with E-state index in [0.717, 1.165) is 33.9 Å². The lowest BCUT2D eigenvalue weighted by Crippen LogP contribution is -2.54. The Bertz CT molecular complexity index is 1320. The van der Waals surface area contributed by atoms with E-state index in [1.807, 2.05) is 13.0 Å². The molecule has 166 valence electrons. The first-order chi connectivity index (χ1) is 15.3. The molecule has 4 N–H and O–H groups in total. The third-order valence-corrected chi connectivity index (χ3v) is 9.38. The summed E-state index contributed by atoms with van der Waals surface area (Å²) in [5.74, 6) is 0.901. The minimum absolute atomic E-state index is 0.233. The molecule has 0 spiro atoms. The monoisotopic (exact) mass is 468 g/mol. The lowest BCUT2D eigenvalue weighted by molar-refractivity contribution is 0.279. The van der Waals surface area contributed by atoms with E-state index >= 15 is 0 Å². The number of sulfonamides is 1. The third-order valence-electron chi connectivity index (χ3n) is 6.63. The van der Waals surface area contributed by atoms with Crippen LogP contribution in [0, 0.1) is 6.92 Å². The highest BCUT2D eigenvalue weighted by molar-refractivity contribution is 7.89. The largest absolute Gasteiger partial charge is 0.382 e. The van der Waals surface area contributed by atoms with Gasteiger partial charge in [0.2, 0.25) is 10.0 Å². The molecule has 1 aromatic carbocycles. The van der Waals surface area contributed by atoms with Crippen molar-refractivity contribution in [2.24, 2.45) is 0 Å². The number of aryl methyl sites for hydroxylation is 1. The molecule has 0 amide bonds. The summed E-state index contributed by atoms with van der Waals surface area (Å²) in [5, 5.41) is 4.45. The minimum Gasteiger partial charge on any atom is -0.382 e. The van der Waals surface area contributed by atoms with E-state index in [4.69, 9.17) is 10.7 Å². The quantitative estimate of drug-likeness (QED) is 0.508. The van der Waals surface area contributed by atoms with Crippen LogP contribution in [-0.4, -0.2) is 41.5 Å². The van der Waals surface area contributed by atoms with Crippen molar-refractivity contribution in [3.63, 3.8) is 0 Å². The Balaban J connectivity index is 1.35. The van der Waals surface area contributed by atoms with Gasteiger partial charge in [0.15, 0.2) is 5.82 Å². The fourth-order valence-corrected chi connectivity index (χ4v) is 7.18. The molecule has 8 nitrogen and oxygen atoms in total. The van der Waals surface area contributed by atoms with Crippen LogP contribution in [0.15, 0.2) is 35.5 Å². The Morgan fingerprint density at radius 3 is 2.75 bits per heavy atom. The summed E-state index contributed by atoms with van der Waals surface area (Å²) in [6.07, 6.45) is 7.46. The lowest BCUT2D eigenvalue weighted by Gasteiger charge is -2.37. The van der Waals surface area contributed by atoms with Crippen LogP contribution in [0.3, 0.4) is 0 Å². The van der Waals surface area contributed by atoms with Gasteiger partial charge < -0.3 is 11.1 Å². The van der Waals surface area contributed by atoms with Crippen LogP contribution in [0.25, 0.3) is 21.8 Å². The molecule has 32 heavy (non-hydrogen) atoms. The molecule has 4 heterocycles. The highest BCUT2D eigenvalue weighted by Gasteiger charge is 2.52. The predicted molar refractivity (Wildman–Crippen MR) is 124 cm³/mol. The number of thiazole rings is 1. The molecule has 0 radical (unpaired) electrons. The van der Waals surface area contributed by atoms with Gasteiger partial charge in [-0.1, -0.05) is 6.07 Å². The molecule has 2 saturated heterocycles. The molecule has 2 aromatic heterocycles. The second kappa shape index (κ2) is 7.05. The number of rotatable bonds is 6. The molecular formula is C22H24N6O2S2. The SMILES string of the molecule is Cc1ccc(S(=O)(=O)NC23CNC(C2)C3)cc1-c1cnc(N)c(-c2cnc(C3CC3)s2)n1. The van der Waals surface area contributed by atoms with E-state index in [-0.39, 0.29) is 10.4 Å².